The fourth-order valence-corrected chi connectivity index (χ4v) is 5.79. The molecule has 1 heterocycles. The lowest BCUT2D eigenvalue weighted by molar-refractivity contribution is -0.139. The van der Waals surface area contributed by atoms with Gasteiger partial charge in [0.05, 0.1) is 10.6 Å². The largest absolute Gasteiger partial charge is 0.486 e. The number of fused-ring (bicyclic) bond motifs is 1. The summed E-state index contributed by atoms with van der Waals surface area (Å²) < 4.78 is 53.7. The third-order valence-corrected chi connectivity index (χ3v) is 8.22. The predicted octanol–water partition coefficient (Wildman–Crippen LogP) is 3.65. The number of benzene rings is 3. The highest BCUT2D eigenvalue weighted by atomic mass is 32.2. The van der Waals surface area contributed by atoms with Crippen molar-refractivity contribution in [3.63, 3.8) is 0 Å². The van der Waals surface area contributed by atoms with Gasteiger partial charge >= 0.3 is 0 Å². The minimum Gasteiger partial charge on any atom is -0.486 e. The van der Waals surface area contributed by atoms with Gasteiger partial charge in [-0.05, 0) is 62.7 Å². The van der Waals surface area contributed by atoms with Crippen LogP contribution in [0.15, 0.2) is 71.6 Å². The number of sulfonamides is 1. The van der Waals surface area contributed by atoms with Gasteiger partial charge in [-0.1, -0.05) is 29.8 Å². The van der Waals surface area contributed by atoms with Crippen LogP contribution in [-0.2, 0) is 26.2 Å². The van der Waals surface area contributed by atoms with Crippen LogP contribution in [0.2, 0.25) is 0 Å². The lowest BCUT2D eigenvalue weighted by atomic mass is 10.1. The highest BCUT2D eigenvalue weighted by Crippen LogP contribution is 2.34. The summed E-state index contributed by atoms with van der Waals surface area (Å²) in [5, 5.41) is 2.72. The van der Waals surface area contributed by atoms with E-state index in [1.165, 1.54) is 35.2 Å². The van der Waals surface area contributed by atoms with E-state index in [0.717, 1.165) is 27.6 Å². The average Bonchev–Trinajstić information content (AvgIpc) is 2.94. The van der Waals surface area contributed by atoms with Crippen molar-refractivity contribution in [2.75, 3.05) is 30.6 Å². The molecule has 0 radical (unpaired) electrons. The zero-order chi connectivity index (χ0) is 28.9. The molecule has 1 aliphatic rings. The Hall–Kier alpha value is -4.12. The third-order valence-electron chi connectivity index (χ3n) is 6.45. The second-order valence-electron chi connectivity index (χ2n) is 9.37. The number of amides is 2. The molecule has 0 aromatic heterocycles. The van der Waals surface area contributed by atoms with E-state index in [0.29, 0.717) is 18.9 Å². The number of hydrogen-bond acceptors (Lipinski definition) is 6. The SMILES string of the molecule is CCNC(=O)C(C)N(Cc1cccc(C)c1)C(=O)CN(c1ccc(F)cc1)S(=O)(=O)c1ccc2c(c1)OCCO2. The number of likely N-dealkylation sites (N-methyl/N-ethyl adjacent to an activating group) is 1. The summed E-state index contributed by atoms with van der Waals surface area (Å²) in [5.74, 6) is -0.853. The Morgan fingerprint density at radius 3 is 2.38 bits per heavy atom. The van der Waals surface area contributed by atoms with Crippen molar-refractivity contribution in [3.05, 3.63) is 83.7 Å². The first kappa shape index (κ1) is 28.9. The standard InChI is InChI=1S/C29H32FN3O6S/c1-4-31-29(35)21(3)32(18-22-7-5-6-20(2)16-22)28(34)19-33(24-10-8-23(30)9-11-24)40(36,37)25-12-13-26-27(17-25)39-15-14-38-26/h5-13,16-17,21H,4,14-15,18-19H2,1-3H3,(H,31,35). The number of ether oxygens (including phenoxy) is 2. The smallest absolute Gasteiger partial charge is 0.264 e. The van der Waals surface area contributed by atoms with Crippen molar-refractivity contribution < 1.29 is 31.9 Å². The van der Waals surface area contributed by atoms with E-state index in [4.69, 9.17) is 9.47 Å². The molecule has 0 saturated heterocycles. The van der Waals surface area contributed by atoms with Gasteiger partial charge in [0, 0.05) is 19.2 Å². The molecule has 1 unspecified atom stereocenters. The maximum atomic E-state index is 14.0. The van der Waals surface area contributed by atoms with Crippen LogP contribution in [-0.4, -0.2) is 57.5 Å². The summed E-state index contributed by atoms with van der Waals surface area (Å²) in [4.78, 5) is 27.9. The molecule has 0 saturated carbocycles. The summed E-state index contributed by atoms with van der Waals surface area (Å²) in [6.45, 7) is 5.72. The topological polar surface area (TPSA) is 105 Å². The lowest BCUT2D eigenvalue weighted by Gasteiger charge is -2.32. The number of nitrogens with zero attached hydrogens (tertiary/aromatic N) is 2. The van der Waals surface area contributed by atoms with Gasteiger partial charge < -0.3 is 19.7 Å². The van der Waals surface area contributed by atoms with Crippen molar-refractivity contribution in [1.82, 2.24) is 10.2 Å². The van der Waals surface area contributed by atoms with Gasteiger partial charge in [0.2, 0.25) is 11.8 Å². The maximum absolute atomic E-state index is 14.0. The number of anilines is 1. The molecule has 4 rings (SSSR count). The minimum absolute atomic E-state index is 0.0835. The van der Waals surface area contributed by atoms with Crippen molar-refractivity contribution in [2.24, 2.45) is 0 Å². The molecule has 2 amide bonds. The van der Waals surface area contributed by atoms with Crippen LogP contribution in [0.1, 0.15) is 25.0 Å². The fraction of sp³-hybridized carbons (Fsp3) is 0.310. The number of hydrogen-bond donors (Lipinski definition) is 1. The molecular formula is C29H32FN3O6S. The highest BCUT2D eigenvalue weighted by molar-refractivity contribution is 7.92. The molecule has 40 heavy (non-hydrogen) atoms. The highest BCUT2D eigenvalue weighted by Gasteiger charge is 2.33. The monoisotopic (exact) mass is 569 g/mol. The number of nitrogens with one attached hydrogen (secondary N) is 1. The van der Waals surface area contributed by atoms with E-state index in [1.807, 2.05) is 31.2 Å². The Morgan fingerprint density at radius 2 is 1.70 bits per heavy atom. The minimum atomic E-state index is -4.34. The number of aryl methyl sites for hydroxylation is 1. The van der Waals surface area contributed by atoms with Crippen molar-refractivity contribution in [1.29, 1.82) is 0 Å². The molecule has 1 N–H and O–H groups in total. The van der Waals surface area contributed by atoms with Crippen LogP contribution >= 0.6 is 0 Å². The Labute approximate surface area is 233 Å². The molecule has 0 spiro atoms. The van der Waals surface area contributed by atoms with Crippen LogP contribution in [0.4, 0.5) is 10.1 Å². The van der Waals surface area contributed by atoms with Gasteiger partial charge in [-0.3, -0.25) is 13.9 Å². The number of rotatable bonds is 10. The van der Waals surface area contributed by atoms with Crippen molar-refractivity contribution in [2.45, 2.75) is 38.3 Å². The fourth-order valence-electron chi connectivity index (χ4n) is 4.36. The molecule has 1 aliphatic heterocycles. The Bertz CT molecular complexity index is 1480. The number of halogens is 1. The van der Waals surface area contributed by atoms with Crippen molar-refractivity contribution >= 4 is 27.5 Å². The molecule has 0 bridgehead atoms. The van der Waals surface area contributed by atoms with Crippen molar-refractivity contribution in [3.8, 4) is 11.5 Å². The van der Waals surface area contributed by atoms with Gasteiger partial charge in [-0.25, -0.2) is 12.8 Å². The molecule has 11 heteroatoms. The van der Waals surface area contributed by atoms with Gasteiger partial charge in [0.15, 0.2) is 11.5 Å². The lowest BCUT2D eigenvalue weighted by Crippen LogP contribution is -2.51. The molecule has 212 valence electrons. The Balaban J connectivity index is 1.72. The molecule has 3 aromatic carbocycles. The van der Waals surface area contributed by atoms with E-state index in [-0.39, 0.29) is 35.4 Å². The molecule has 3 aromatic rings. The first-order valence-electron chi connectivity index (χ1n) is 12.9. The molecule has 1 atom stereocenters. The normalized spacial score (nSPS) is 13.3. The van der Waals surface area contributed by atoms with E-state index < -0.39 is 34.3 Å². The summed E-state index contributed by atoms with van der Waals surface area (Å²) >= 11 is 0. The average molecular weight is 570 g/mol. The number of carbonyl (C=O) groups is 2. The van der Waals surface area contributed by atoms with Crippen LogP contribution in [0.5, 0.6) is 11.5 Å². The zero-order valence-corrected chi connectivity index (χ0v) is 23.4. The first-order valence-corrected chi connectivity index (χ1v) is 14.3. The van der Waals surface area contributed by atoms with Gasteiger partial charge in [0.25, 0.3) is 10.0 Å². The van der Waals surface area contributed by atoms with Crippen LogP contribution in [0, 0.1) is 12.7 Å². The Morgan fingerprint density at radius 1 is 1.00 bits per heavy atom. The summed E-state index contributed by atoms with van der Waals surface area (Å²) in [5.41, 5.74) is 1.85. The third kappa shape index (κ3) is 6.53. The molecule has 0 aliphatic carbocycles. The van der Waals surface area contributed by atoms with Gasteiger partial charge in [0.1, 0.15) is 31.6 Å². The quantitative estimate of drug-likeness (QED) is 0.400. The van der Waals surface area contributed by atoms with Gasteiger partial charge in [-0.15, -0.1) is 0 Å². The summed E-state index contributed by atoms with van der Waals surface area (Å²) in [6.07, 6.45) is 0. The zero-order valence-electron chi connectivity index (χ0n) is 22.6. The first-order chi connectivity index (χ1) is 19.1. The Kier molecular flexibility index (Phi) is 8.93. The predicted molar refractivity (Wildman–Crippen MR) is 148 cm³/mol. The van der Waals surface area contributed by atoms with Gasteiger partial charge in [-0.2, -0.15) is 0 Å². The van der Waals surface area contributed by atoms with E-state index in [2.05, 4.69) is 5.32 Å². The summed E-state index contributed by atoms with van der Waals surface area (Å²) in [7, 11) is -4.34. The van der Waals surface area contributed by atoms with E-state index >= 15 is 0 Å². The van der Waals surface area contributed by atoms with E-state index in [1.54, 1.807) is 13.8 Å². The van der Waals surface area contributed by atoms with Crippen LogP contribution in [0.25, 0.3) is 0 Å². The van der Waals surface area contributed by atoms with Crippen LogP contribution < -0.4 is 19.1 Å². The second kappa shape index (κ2) is 12.4. The molecular weight excluding hydrogens is 537 g/mol. The van der Waals surface area contributed by atoms with Crippen LogP contribution in [0.3, 0.4) is 0 Å². The summed E-state index contributed by atoms with van der Waals surface area (Å²) in [6, 6.07) is 15.6. The second-order valence-corrected chi connectivity index (χ2v) is 11.2. The maximum Gasteiger partial charge on any atom is 0.264 e. The molecule has 0 fully saturated rings. The number of carbonyl (C=O) groups excluding carboxylic acids is 2. The van der Waals surface area contributed by atoms with E-state index in [9.17, 15) is 22.4 Å². The molecule has 9 nitrogen and oxygen atoms in total.